The molecule has 2 aromatic carbocycles. The maximum atomic E-state index is 13.3. The third kappa shape index (κ3) is 6.29. The Morgan fingerprint density at radius 3 is 2.51 bits per heavy atom. The molecule has 4 aromatic rings. The Bertz CT molecular complexity index is 1690. The highest BCUT2D eigenvalue weighted by Crippen LogP contribution is 2.27. The Morgan fingerprint density at radius 2 is 1.81 bits per heavy atom. The van der Waals surface area contributed by atoms with Crippen molar-refractivity contribution in [1.82, 2.24) is 24.2 Å². The van der Waals surface area contributed by atoms with E-state index in [0.717, 1.165) is 17.6 Å². The number of nitrogens with one attached hydrogen (secondary N) is 2. The van der Waals surface area contributed by atoms with E-state index in [9.17, 15) is 19.5 Å². The van der Waals surface area contributed by atoms with Crippen molar-refractivity contribution in [1.29, 1.82) is 0 Å². The Balaban J connectivity index is 1.31. The number of nitrogens with zero attached hydrogens (tertiary/aromatic N) is 5. The van der Waals surface area contributed by atoms with Gasteiger partial charge in [0.2, 0.25) is 17.8 Å². The summed E-state index contributed by atoms with van der Waals surface area (Å²) < 4.78 is 3.56. The van der Waals surface area contributed by atoms with Crippen molar-refractivity contribution in [2.75, 3.05) is 36.0 Å². The smallest absolute Gasteiger partial charge is 0.276 e. The summed E-state index contributed by atoms with van der Waals surface area (Å²) in [5.41, 5.74) is 20.9. The first kappa shape index (κ1) is 29.5. The number of amides is 3. The Labute approximate surface area is 247 Å². The monoisotopic (exact) mass is 588 g/mol. The van der Waals surface area contributed by atoms with Gasteiger partial charge in [0.15, 0.2) is 0 Å². The average molecular weight is 589 g/mol. The number of nitrogens with two attached hydrogens (primary N) is 3. The molecule has 43 heavy (non-hydrogen) atoms. The van der Waals surface area contributed by atoms with Gasteiger partial charge in [-0.05, 0) is 68.7 Å². The second-order valence-electron chi connectivity index (χ2n) is 10.7. The van der Waals surface area contributed by atoms with Crippen molar-refractivity contribution in [3.05, 3.63) is 65.0 Å². The molecule has 0 spiro atoms. The van der Waals surface area contributed by atoms with Gasteiger partial charge in [-0.3, -0.25) is 29.3 Å². The summed E-state index contributed by atoms with van der Waals surface area (Å²) >= 11 is 0. The fraction of sp³-hybridized carbons (Fsp3) is 0.345. The number of nitrogen functional groups attached to an aromatic ring is 1. The van der Waals surface area contributed by atoms with Gasteiger partial charge in [0.05, 0.1) is 34.6 Å². The number of primary amides is 2. The lowest BCUT2D eigenvalue weighted by Gasteiger charge is -2.24. The number of carbonyl (C=O) groups excluding carboxylic acids is 3. The number of carbonyl (C=O) groups is 3. The molecule has 226 valence electrons. The van der Waals surface area contributed by atoms with Crippen LogP contribution in [0.5, 0.6) is 0 Å². The van der Waals surface area contributed by atoms with Crippen molar-refractivity contribution < 1.29 is 19.5 Å². The summed E-state index contributed by atoms with van der Waals surface area (Å²) in [6.45, 7) is 6.29. The molecule has 0 bridgehead atoms. The number of aliphatic hydroxyl groups excluding tert-OH is 1. The maximum Gasteiger partial charge on any atom is 0.276 e. The second kappa shape index (κ2) is 12.1. The zero-order valence-electron chi connectivity index (χ0n) is 24.1. The number of imidazole rings is 1. The highest BCUT2D eigenvalue weighted by molar-refractivity contribution is 6.03. The molecule has 14 heteroatoms. The number of fused-ring (bicyclic) bond motifs is 1. The van der Waals surface area contributed by atoms with Gasteiger partial charge in [0.25, 0.3) is 5.91 Å². The van der Waals surface area contributed by atoms with Gasteiger partial charge in [-0.1, -0.05) is 0 Å². The molecule has 1 unspecified atom stereocenters. The van der Waals surface area contributed by atoms with Crippen LogP contribution in [0.3, 0.4) is 0 Å². The predicted molar refractivity (Wildman–Crippen MR) is 162 cm³/mol. The number of anilines is 3. The van der Waals surface area contributed by atoms with Gasteiger partial charge in [0.1, 0.15) is 11.9 Å². The highest BCUT2D eigenvalue weighted by atomic mass is 16.3. The molecule has 1 saturated heterocycles. The molecular weight excluding hydrogens is 552 g/mol. The van der Waals surface area contributed by atoms with Crippen molar-refractivity contribution in [3.63, 3.8) is 0 Å². The third-order valence-electron chi connectivity index (χ3n) is 7.68. The largest absolute Gasteiger partial charge is 0.397 e. The quantitative estimate of drug-likeness (QED) is 0.139. The minimum atomic E-state index is -0.783. The van der Waals surface area contributed by atoms with E-state index in [1.165, 1.54) is 6.07 Å². The molecule has 0 radical (unpaired) electrons. The van der Waals surface area contributed by atoms with Crippen molar-refractivity contribution >= 4 is 46.1 Å². The Morgan fingerprint density at radius 1 is 1.09 bits per heavy atom. The maximum absolute atomic E-state index is 13.3. The van der Waals surface area contributed by atoms with Crippen molar-refractivity contribution in [3.8, 4) is 0 Å². The minimum Gasteiger partial charge on any atom is -0.397 e. The summed E-state index contributed by atoms with van der Waals surface area (Å²) in [6.07, 6.45) is 0.0235. The van der Waals surface area contributed by atoms with Gasteiger partial charge in [-0.2, -0.15) is 5.10 Å². The van der Waals surface area contributed by atoms with Crippen LogP contribution in [-0.2, 0) is 13.1 Å². The van der Waals surface area contributed by atoms with E-state index in [2.05, 4.69) is 20.7 Å². The topological polar surface area (TPSA) is 212 Å². The lowest BCUT2D eigenvalue weighted by molar-refractivity contribution is 0.0286. The third-order valence-corrected chi connectivity index (χ3v) is 7.68. The standard InChI is InChI=1S/C29H36N10O4/c1-3-39-24(10-16(2)36-39)28(43)35-29-34-22-12-19(27(32)42)5-7-23(22)38(29)15-17-8-9-37(14-17)25(40)13-33-21-6-4-18(26(31)41)11-20(21)30/h4-7,10-12,17,25,33,40H,3,8-9,13-15,30H2,1-2H3,(H2,31,41)(H2,32,42)(H,34,35,43)/t17-,25?/m0/s1. The number of aliphatic hydroxyl groups is 1. The molecule has 1 fully saturated rings. The van der Waals surface area contributed by atoms with E-state index < -0.39 is 18.0 Å². The number of hydrogen-bond acceptors (Lipinski definition) is 9. The van der Waals surface area contributed by atoms with Crippen LogP contribution in [0.15, 0.2) is 42.5 Å². The van der Waals surface area contributed by atoms with Crippen molar-refractivity contribution in [2.45, 2.75) is 39.6 Å². The predicted octanol–water partition coefficient (Wildman–Crippen LogP) is 1.35. The molecule has 2 atom stereocenters. The number of aromatic nitrogens is 4. The lowest BCUT2D eigenvalue weighted by atomic mass is 10.1. The summed E-state index contributed by atoms with van der Waals surface area (Å²) in [4.78, 5) is 43.1. The van der Waals surface area contributed by atoms with Crippen LogP contribution in [-0.4, -0.2) is 72.9 Å². The zero-order chi connectivity index (χ0) is 30.8. The number of likely N-dealkylation sites (tertiary alicyclic amines) is 1. The number of hydrogen-bond donors (Lipinski definition) is 6. The first-order valence-electron chi connectivity index (χ1n) is 14.0. The number of rotatable bonds is 11. The molecule has 5 rings (SSSR count). The van der Waals surface area contributed by atoms with Gasteiger partial charge >= 0.3 is 0 Å². The normalized spacial score (nSPS) is 15.9. The van der Waals surface area contributed by atoms with E-state index in [-0.39, 0.29) is 18.4 Å². The first-order chi connectivity index (χ1) is 20.5. The van der Waals surface area contributed by atoms with E-state index in [0.29, 0.717) is 65.8 Å². The van der Waals surface area contributed by atoms with E-state index in [4.69, 9.17) is 17.2 Å². The molecule has 0 saturated carbocycles. The summed E-state index contributed by atoms with van der Waals surface area (Å²) in [5, 5.41) is 21.4. The number of benzene rings is 2. The summed E-state index contributed by atoms with van der Waals surface area (Å²) in [6, 6.07) is 11.5. The second-order valence-corrected chi connectivity index (χ2v) is 10.7. The van der Waals surface area contributed by atoms with Crippen LogP contribution in [0.1, 0.15) is 50.2 Å². The molecule has 3 amide bonds. The van der Waals surface area contributed by atoms with Gasteiger partial charge in [-0.15, -0.1) is 0 Å². The van der Waals surface area contributed by atoms with Crippen LogP contribution < -0.4 is 27.8 Å². The minimum absolute atomic E-state index is 0.141. The summed E-state index contributed by atoms with van der Waals surface area (Å²) in [7, 11) is 0. The molecule has 14 nitrogen and oxygen atoms in total. The number of aryl methyl sites for hydroxylation is 2. The highest BCUT2D eigenvalue weighted by Gasteiger charge is 2.29. The lowest BCUT2D eigenvalue weighted by Crippen LogP contribution is -2.38. The van der Waals surface area contributed by atoms with Crippen LogP contribution in [0.4, 0.5) is 17.3 Å². The van der Waals surface area contributed by atoms with Gasteiger partial charge in [0, 0.05) is 37.3 Å². The average Bonchev–Trinajstić information content (AvgIpc) is 3.69. The molecule has 2 aromatic heterocycles. The molecule has 1 aliphatic heterocycles. The summed E-state index contributed by atoms with van der Waals surface area (Å²) in [5.74, 6) is -0.984. The van der Waals surface area contributed by atoms with E-state index in [1.54, 1.807) is 41.1 Å². The van der Waals surface area contributed by atoms with E-state index >= 15 is 0 Å². The Kier molecular flexibility index (Phi) is 8.32. The van der Waals surface area contributed by atoms with Crippen LogP contribution in [0.2, 0.25) is 0 Å². The van der Waals surface area contributed by atoms with Crippen LogP contribution in [0, 0.1) is 12.8 Å². The first-order valence-corrected chi connectivity index (χ1v) is 14.0. The van der Waals surface area contributed by atoms with Gasteiger partial charge in [-0.25, -0.2) is 4.98 Å². The van der Waals surface area contributed by atoms with Crippen LogP contribution in [0.25, 0.3) is 11.0 Å². The molecule has 9 N–H and O–H groups in total. The molecular formula is C29H36N10O4. The molecule has 0 aliphatic carbocycles. The van der Waals surface area contributed by atoms with E-state index in [1.807, 2.05) is 23.3 Å². The Hall–Kier alpha value is -4.95. The molecule has 3 heterocycles. The fourth-order valence-electron chi connectivity index (χ4n) is 5.45. The fourth-order valence-corrected chi connectivity index (χ4v) is 5.45. The van der Waals surface area contributed by atoms with Crippen molar-refractivity contribution in [2.24, 2.45) is 17.4 Å². The zero-order valence-corrected chi connectivity index (χ0v) is 24.1. The molecule has 1 aliphatic rings. The SMILES string of the molecule is CCn1nc(C)cc1C(=O)Nc1nc2cc(C(N)=O)ccc2n1C[C@H]1CCN(C(O)CNc2ccc(C(N)=O)cc2N)C1. The van der Waals surface area contributed by atoms with Crippen LogP contribution >= 0.6 is 0 Å². The van der Waals surface area contributed by atoms with Gasteiger partial charge < -0.3 is 32.2 Å².